The molecular weight excluding hydrogens is 304 g/mol. The number of rotatable bonds is 4. The van der Waals surface area contributed by atoms with Gasteiger partial charge in [-0.2, -0.15) is 5.10 Å². The molecule has 1 aromatic carbocycles. The highest BCUT2D eigenvalue weighted by Crippen LogP contribution is 2.26. The zero-order valence-corrected chi connectivity index (χ0v) is 12.1. The van der Waals surface area contributed by atoms with Crippen molar-refractivity contribution in [1.29, 1.82) is 0 Å². The van der Waals surface area contributed by atoms with Crippen molar-refractivity contribution in [3.05, 3.63) is 54.6 Å². The lowest BCUT2D eigenvalue weighted by molar-refractivity contribution is -0.118. The molecule has 0 aliphatic heterocycles. The lowest BCUT2D eigenvalue weighted by Gasteiger charge is -2.11. The van der Waals surface area contributed by atoms with Gasteiger partial charge >= 0.3 is 0 Å². The van der Waals surface area contributed by atoms with Crippen molar-refractivity contribution in [2.45, 2.75) is 13.0 Å². The SMILES string of the molecule is CC(C(=O)Nc1cc(-c2c(F)cccc2F)[nH]n1)n1ccnc1. The van der Waals surface area contributed by atoms with Gasteiger partial charge in [-0.1, -0.05) is 6.07 Å². The van der Waals surface area contributed by atoms with Crippen LogP contribution in [-0.2, 0) is 4.79 Å². The van der Waals surface area contributed by atoms with Gasteiger partial charge in [0.2, 0.25) is 5.91 Å². The lowest BCUT2D eigenvalue weighted by Crippen LogP contribution is -2.23. The minimum absolute atomic E-state index is 0.145. The molecule has 0 fully saturated rings. The number of amides is 1. The number of anilines is 1. The molecule has 0 spiro atoms. The van der Waals surface area contributed by atoms with Crippen molar-refractivity contribution in [1.82, 2.24) is 19.7 Å². The van der Waals surface area contributed by atoms with Crippen molar-refractivity contribution in [3.8, 4) is 11.3 Å². The van der Waals surface area contributed by atoms with E-state index in [9.17, 15) is 13.6 Å². The number of benzene rings is 1. The number of imidazole rings is 1. The lowest BCUT2D eigenvalue weighted by atomic mass is 10.1. The summed E-state index contributed by atoms with van der Waals surface area (Å²) in [6, 6.07) is 4.46. The van der Waals surface area contributed by atoms with Crippen LogP contribution in [0.3, 0.4) is 0 Å². The predicted octanol–water partition coefficient (Wildman–Crippen LogP) is 2.75. The van der Waals surface area contributed by atoms with Crippen LogP contribution in [0.25, 0.3) is 11.3 Å². The highest BCUT2D eigenvalue weighted by atomic mass is 19.1. The van der Waals surface area contributed by atoms with Gasteiger partial charge in [-0.05, 0) is 19.1 Å². The number of aromatic amines is 1. The van der Waals surface area contributed by atoms with Gasteiger partial charge in [0.1, 0.15) is 17.7 Å². The second-order valence-electron chi connectivity index (χ2n) is 4.94. The van der Waals surface area contributed by atoms with Crippen LogP contribution in [-0.4, -0.2) is 25.7 Å². The third-order valence-corrected chi connectivity index (χ3v) is 3.41. The molecule has 0 radical (unpaired) electrons. The van der Waals surface area contributed by atoms with Crippen molar-refractivity contribution in [3.63, 3.8) is 0 Å². The van der Waals surface area contributed by atoms with Crippen molar-refractivity contribution in [2.24, 2.45) is 0 Å². The Balaban J connectivity index is 1.79. The number of nitrogens with one attached hydrogen (secondary N) is 2. The van der Waals surface area contributed by atoms with E-state index >= 15 is 0 Å². The van der Waals surface area contributed by atoms with Crippen LogP contribution in [0.2, 0.25) is 0 Å². The van der Waals surface area contributed by atoms with Crippen LogP contribution < -0.4 is 5.32 Å². The zero-order chi connectivity index (χ0) is 16.4. The maximum atomic E-state index is 13.7. The first-order chi connectivity index (χ1) is 11.1. The molecule has 2 N–H and O–H groups in total. The van der Waals surface area contributed by atoms with E-state index in [0.29, 0.717) is 0 Å². The highest BCUT2D eigenvalue weighted by molar-refractivity contribution is 5.93. The van der Waals surface area contributed by atoms with Crippen LogP contribution in [0, 0.1) is 11.6 Å². The average molecular weight is 317 g/mol. The van der Waals surface area contributed by atoms with E-state index in [0.717, 1.165) is 12.1 Å². The van der Waals surface area contributed by atoms with Gasteiger partial charge in [-0.15, -0.1) is 0 Å². The molecular formula is C15H13F2N5O. The summed E-state index contributed by atoms with van der Waals surface area (Å²) in [4.78, 5) is 16.0. The van der Waals surface area contributed by atoms with Crippen LogP contribution in [0.15, 0.2) is 43.0 Å². The molecule has 3 aromatic rings. The first kappa shape index (κ1) is 14.9. The Morgan fingerprint density at radius 2 is 2.09 bits per heavy atom. The fraction of sp³-hybridized carbons (Fsp3) is 0.133. The number of carbonyl (C=O) groups excluding carboxylic acids is 1. The number of H-pyrrole nitrogens is 1. The van der Waals surface area contributed by atoms with Crippen LogP contribution in [0.4, 0.5) is 14.6 Å². The summed E-state index contributed by atoms with van der Waals surface area (Å²) in [5, 5.41) is 8.97. The van der Waals surface area contributed by atoms with E-state index in [1.807, 2.05) is 0 Å². The molecule has 6 nitrogen and oxygen atoms in total. The third kappa shape index (κ3) is 2.96. The summed E-state index contributed by atoms with van der Waals surface area (Å²) in [7, 11) is 0. The molecule has 8 heteroatoms. The summed E-state index contributed by atoms with van der Waals surface area (Å²) in [5.74, 6) is -1.56. The minimum Gasteiger partial charge on any atom is -0.325 e. The van der Waals surface area contributed by atoms with Gasteiger partial charge in [0.15, 0.2) is 5.82 Å². The molecule has 3 rings (SSSR count). The van der Waals surface area contributed by atoms with E-state index in [2.05, 4.69) is 20.5 Å². The van der Waals surface area contributed by atoms with Gasteiger partial charge in [-0.3, -0.25) is 9.89 Å². The second kappa shape index (κ2) is 5.99. The molecule has 1 amide bonds. The van der Waals surface area contributed by atoms with Crippen molar-refractivity contribution >= 4 is 11.7 Å². The second-order valence-corrected chi connectivity index (χ2v) is 4.94. The van der Waals surface area contributed by atoms with Crippen LogP contribution >= 0.6 is 0 Å². The Kier molecular flexibility index (Phi) is 3.88. The Hall–Kier alpha value is -3.03. The molecule has 118 valence electrons. The molecule has 0 aliphatic rings. The monoisotopic (exact) mass is 317 g/mol. The topological polar surface area (TPSA) is 75.6 Å². The van der Waals surface area contributed by atoms with Gasteiger partial charge in [0, 0.05) is 18.5 Å². The van der Waals surface area contributed by atoms with E-state index in [-0.39, 0.29) is 23.0 Å². The van der Waals surface area contributed by atoms with Gasteiger partial charge < -0.3 is 9.88 Å². The molecule has 2 aromatic heterocycles. The van der Waals surface area contributed by atoms with E-state index in [1.54, 1.807) is 23.9 Å². The first-order valence-electron chi connectivity index (χ1n) is 6.84. The predicted molar refractivity (Wildman–Crippen MR) is 79.5 cm³/mol. The largest absolute Gasteiger partial charge is 0.325 e. The molecule has 0 saturated heterocycles. The van der Waals surface area contributed by atoms with E-state index < -0.39 is 17.7 Å². The standard InChI is InChI=1S/C15H13F2N5O/c1-9(22-6-5-18-8-22)15(23)19-13-7-12(20-21-13)14-10(16)3-2-4-11(14)17/h2-9H,1H3,(H2,19,20,21,23). The van der Waals surface area contributed by atoms with E-state index in [4.69, 9.17) is 0 Å². The number of hydrogen-bond acceptors (Lipinski definition) is 3. The number of nitrogens with zero attached hydrogens (tertiary/aromatic N) is 3. The molecule has 23 heavy (non-hydrogen) atoms. The highest BCUT2D eigenvalue weighted by Gasteiger charge is 2.17. The summed E-state index contributed by atoms with van der Waals surface area (Å²) in [6.45, 7) is 1.70. The normalized spacial score (nSPS) is 12.1. The van der Waals surface area contributed by atoms with E-state index in [1.165, 1.54) is 18.5 Å². The molecule has 0 bridgehead atoms. The summed E-state index contributed by atoms with van der Waals surface area (Å²) >= 11 is 0. The smallest absolute Gasteiger partial charge is 0.248 e. The fourth-order valence-corrected chi connectivity index (χ4v) is 2.13. The summed E-state index contributed by atoms with van der Waals surface area (Å²) in [5.41, 5.74) is -0.0747. The van der Waals surface area contributed by atoms with Crippen molar-refractivity contribution in [2.75, 3.05) is 5.32 Å². The van der Waals surface area contributed by atoms with Crippen molar-refractivity contribution < 1.29 is 13.6 Å². The first-order valence-corrected chi connectivity index (χ1v) is 6.84. The maximum Gasteiger partial charge on any atom is 0.248 e. The number of aromatic nitrogens is 4. The fourth-order valence-electron chi connectivity index (χ4n) is 2.13. The summed E-state index contributed by atoms with van der Waals surface area (Å²) < 4.78 is 29.1. The van der Waals surface area contributed by atoms with Crippen LogP contribution in [0.5, 0.6) is 0 Å². The Labute approximate surface area is 130 Å². The summed E-state index contributed by atoms with van der Waals surface area (Å²) in [6.07, 6.45) is 4.75. The number of carbonyl (C=O) groups is 1. The Bertz CT molecular complexity index is 808. The maximum absolute atomic E-state index is 13.7. The van der Waals surface area contributed by atoms with Gasteiger partial charge in [-0.25, -0.2) is 13.8 Å². The number of halogens is 2. The molecule has 0 saturated carbocycles. The molecule has 1 unspecified atom stereocenters. The molecule has 1 atom stereocenters. The zero-order valence-electron chi connectivity index (χ0n) is 12.1. The quantitative estimate of drug-likeness (QED) is 0.777. The number of hydrogen-bond donors (Lipinski definition) is 2. The molecule has 2 heterocycles. The Morgan fingerprint density at radius 3 is 2.74 bits per heavy atom. The van der Waals surface area contributed by atoms with Gasteiger partial charge in [0.05, 0.1) is 17.6 Å². The molecule has 0 aliphatic carbocycles. The average Bonchev–Trinajstić information content (AvgIpc) is 3.18. The van der Waals surface area contributed by atoms with Gasteiger partial charge in [0.25, 0.3) is 0 Å². The van der Waals surface area contributed by atoms with Crippen LogP contribution in [0.1, 0.15) is 13.0 Å². The Morgan fingerprint density at radius 1 is 1.35 bits per heavy atom. The minimum atomic E-state index is -0.710. The third-order valence-electron chi connectivity index (χ3n) is 3.41.